The van der Waals surface area contributed by atoms with Crippen LogP contribution in [0.4, 0.5) is 19.0 Å². The second-order valence-electron chi connectivity index (χ2n) is 7.44. The number of piperidine rings is 1. The summed E-state index contributed by atoms with van der Waals surface area (Å²) in [5.74, 6) is 1.84. The molecule has 9 heteroatoms. The number of nitrogens with one attached hydrogen (secondary N) is 1. The topological polar surface area (TPSA) is 63.7 Å². The molecule has 0 saturated carbocycles. The van der Waals surface area contributed by atoms with Gasteiger partial charge < -0.3 is 19.7 Å². The van der Waals surface area contributed by atoms with Gasteiger partial charge in [0.1, 0.15) is 5.82 Å². The van der Waals surface area contributed by atoms with E-state index in [-0.39, 0.29) is 18.7 Å². The van der Waals surface area contributed by atoms with Gasteiger partial charge in [0.25, 0.3) is 0 Å². The van der Waals surface area contributed by atoms with E-state index in [9.17, 15) is 18.0 Å². The Morgan fingerprint density at radius 2 is 2.03 bits per heavy atom. The van der Waals surface area contributed by atoms with Gasteiger partial charge in [-0.1, -0.05) is 6.07 Å². The fourth-order valence-electron chi connectivity index (χ4n) is 3.70. The molecule has 2 aliphatic rings. The average Bonchev–Trinajstić information content (AvgIpc) is 3.20. The average molecular weight is 421 g/mol. The smallest absolute Gasteiger partial charge is 0.417 e. The van der Waals surface area contributed by atoms with Crippen LogP contribution in [0.25, 0.3) is 0 Å². The molecule has 160 valence electrons. The van der Waals surface area contributed by atoms with Crippen LogP contribution in [-0.2, 0) is 17.4 Å². The number of carbonyl (C=O) groups excluding carboxylic acids is 1. The molecule has 2 aliphatic heterocycles. The lowest BCUT2D eigenvalue weighted by atomic mass is 10.0. The number of halogens is 3. The zero-order valence-electron chi connectivity index (χ0n) is 16.2. The highest BCUT2D eigenvalue weighted by Gasteiger charge is 2.31. The second-order valence-corrected chi connectivity index (χ2v) is 7.44. The van der Waals surface area contributed by atoms with Crippen LogP contribution in [0.5, 0.6) is 11.5 Å². The number of ether oxygens (including phenoxy) is 2. The Balaban J connectivity index is 1.28. The van der Waals surface area contributed by atoms with E-state index in [1.807, 2.05) is 23.1 Å². The van der Waals surface area contributed by atoms with Crippen LogP contribution in [0, 0.1) is 0 Å². The molecule has 3 heterocycles. The fraction of sp³-hybridized carbons (Fsp3) is 0.429. The van der Waals surface area contributed by atoms with Crippen molar-refractivity contribution in [3.63, 3.8) is 0 Å². The molecule has 6 nitrogen and oxygen atoms in total. The number of amides is 1. The van der Waals surface area contributed by atoms with Gasteiger partial charge in [-0.2, -0.15) is 13.2 Å². The molecule has 1 amide bonds. The molecule has 30 heavy (non-hydrogen) atoms. The van der Waals surface area contributed by atoms with Crippen LogP contribution in [0.1, 0.15) is 30.4 Å². The summed E-state index contributed by atoms with van der Waals surface area (Å²) in [6, 6.07) is 7.99. The van der Waals surface area contributed by atoms with Gasteiger partial charge in [0, 0.05) is 31.7 Å². The van der Waals surface area contributed by atoms with E-state index in [2.05, 4.69) is 10.3 Å². The molecule has 4 rings (SSSR count). The van der Waals surface area contributed by atoms with E-state index >= 15 is 0 Å². The number of nitrogens with zero attached hydrogens (tertiary/aromatic N) is 2. The number of aromatic nitrogens is 1. The minimum atomic E-state index is -4.40. The SMILES string of the molecule is O=C(CCc1ccc2c(c1)OCO2)N[C@@H]1CCCN(c2ccc(C(F)(F)F)cn2)C1. The van der Waals surface area contributed by atoms with E-state index in [0.717, 1.165) is 30.7 Å². The highest BCUT2D eigenvalue weighted by Crippen LogP contribution is 2.33. The Bertz CT molecular complexity index is 903. The van der Waals surface area contributed by atoms with Crippen molar-refractivity contribution < 1.29 is 27.4 Å². The maximum absolute atomic E-state index is 12.7. The van der Waals surface area contributed by atoms with E-state index < -0.39 is 11.7 Å². The van der Waals surface area contributed by atoms with Crippen LogP contribution < -0.4 is 19.7 Å². The van der Waals surface area contributed by atoms with Gasteiger partial charge in [-0.15, -0.1) is 0 Å². The Hall–Kier alpha value is -2.97. The first kappa shape index (κ1) is 20.3. The summed E-state index contributed by atoms with van der Waals surface area (Å²) in [5.41, 5.74) is 0.227. The number of hydrogen-bond donors (Lipinski definition) is 1. The van der Waals surface area contributed by atoms with Gasteiger partial charge in [-0.3, -0.25) is 4.79 Å². The highest BCUT2D eigenvalue weighted by molar-refractivity contribution is 5.76. The van der Waals surface area contributed by atoms with Crippen molar-refractivity contribution in [3.05, 3.63) is 47.7 Å². The van der Waals surface area contributed by atoms with Gasteiger partial charge in [0.2, 0.25) is 12.7 Å². The number of fused-ring (bicyclic) bond motifs is 1. The molecule has 0 spiro atoms. The fourth-order valence-corrected chi connectivity index (χ4v) is 3.70. The molecule has 1 aromatic carbocycles. The molecular weight excluding hydrogens is 399 g/mol. The Kier molecular flexibility index (Phi) is 5.69. The van der Waals surface area contributed by atoms with Crippen LogP contribution in [-0.4, -0.2) is 36.8 Å². The van der Waals surface area contributed by atoms with Crippen molar-refractivity contribution in [3.8, 4) is 11.5 Å². The number of carbonyl (C=O) groups is 1. The molecule has 1 aromatic heterocycles. The minimum absolute atomic E-state index is 0.0557. The summed E-state index contributed by atoms with van der Waals surface area (Å²) >= 11 is 0. The number of aryl methyl sites for hydroxylation is 1. The molecule has 1 fully saturated rings. The molecule has 2 aromatic rings. The van der Waals surface area contributed by atoms with Crippen LogP contribution in [0.2, 0.25) is 0 Å². The molecule has 0 radical (unpaired) electrons. The van der Waals surface area contributed by atoms with E-state index in [0.29, 0.717) is 43.2 Å². The predicted octanol–water partition coefficient (Wildman–Crippen LogP) is 3.55. The van der Waals surface area contributed by atoms with Crippen LogP contribution >= 0.6 is 0 Å². The summed E-state index contributed by atoms with van der Waals surface area (Å²) in [6.07, 6.45) is -0.971. The zero-order chi connectivity index (χ0) is 21.1. The number of hydrogen-bond acceptors (Lipinski definition) is 5. The molecule has 0 aliphatic carbocycles. The summed E-state index contributed by atoms with van der Waals surface area (Å²) < 4.78 is 48.8. The molecule has 1 saturated heterocycles. The third kappa shape index (κ3) is 4.77. The predicted molar refractivity (Wildman–Crippen MR) is 104 cm³/mol. The van der Waals surface area contributed by atoms with Crippen LogP contribution in [0.15, 0.2) is 36.5 Å². The normalized spacial score (nSPS) is 18.4. The van der Waals surface area contributed by atoms with Crippen molar-refractivity contribution in [1.29, 1.82) is 0 Å². The van der Waals surface area contributed by atoms with Crippen molar-refractivity contribution in [2.75, 3.05) is 24.8 Å². The lowest BCUT2D eigenvalue weighted by Crippen LogP contribution is -2.48. The first-order chi connectivity index (χ1) is 14.4. The van der Waals surface area contributed by atoms with Gasteiger partial charge >= 0.3 is 6.18 Å². The largest absolute Gasteiger partial charge is 0.454 e. The van der Waals surface area contributed by atoms with Gasteiger partial charge in [0.15, 0.2) is 11.5 Å². The van der Waals surface area contributed by atoms with E-state index in [1.165, 1.54) is 6.07 Å². The molecule has 0 bridgehead atoms. The summed E-state index contributed by atoms with van der Waals surface area (Å²) in [6.45, 7) is 1.43. The van der Waals surface area contributed by atoms with Gasteiger partial charge in [-0.25, -0.2) is 4.98 Å². The second kappa shape index (κ2) is 8.41. The van der Waals surface area contributed by atoms with Gasteiger partial charge in [-0.05, 0) is 49.1 Å². The first-order valence-corrected chi connectivity index (χ1v) is 9.84. The van der Waals surface area contributed by atoms with Crippen molar-refractivity contribution >= 4 is 11.7 Å². The molecule has 1 atom stereocenters. The minimum Gasteiger partial charge on any atom is -0.454 e. The number of rotatable bonds is 5. The number of alkyl halides is 3. The Morgan fingerprint density at radius 3 is 2.80 bits per heavy atom. The monoisotopic (exact) mass is 421 g/mol. The third-order valence-electron chi connectivity index (χ3n) is 5.26. The third-order valence-corrected chi connectivity index (χ3v) is 5.26. The Labute approximate surface area is 172 Å². The molecule has 0 unspecified atom stereocenters. The maximum atomic E-state index is 12.7. The van der Waals surface area contributed by atoms with Crippen LogP contribution in [0.3, 0.4) is 0 Å². The summed E-state index contributed by atoms with van der Waals surface area (Å²) in [5, 5.41) is 3.03. The van der Waals surface area contributed by atoms with Crippen molar-refractivity contribution in [1.82, 2.24) is 10.3 Å². The standard InChI is InChI=1S/C21H22F3N3O3/c22-21(23,24)15-5-7-19(25-11-15)27-9-1-2-16(12-27)26-20(28)8-4-14-3-6-17-18(10-14)30-13-29-17/h3,5-7,10-11,16H,1-2,4,8-9,12-13H2,(H,26,28)/t16-/m1/s1. The lowest BCUT2D eigenvalue weighted by molar-refractivity contribution is -0.137. The molecular formula is C21H22F3N3O3. The summed E-state index contributed by atoms with van der Waals surface area (Å²) in [4.78, 5) is 18.3. The number of anilines is 1. The Morgan fingerprint density at radius 1 is 1.20 bits per heavy atom. The number of pyridine rings is 1. The van der Waals surface area contributed by atoms with Crippen molar-refractivity contribution in [2.45, 2.75) is 37.9 Å². The quantitative estimate of drug-likeness (QED) is 0.800. The highest BCUT2D eigenvalue weighted by atomic mass is 19.4. The summed E-state index contributed by atoms with van der Waals surface area (Å²) in [7, 11) is 0. The lowest BCUT2D eigenvalue weighted by Gasteiger charge is -2.34. The molecule has 1 N–H and O–H groups in total. The van der Waals surface area contributed by atoms with E-state index in [4.69, 9.17) is 9.47 Å². The zero-order valence-corrected chi connectivity index (χ0v) is 16.2. The van der Waals surface area contributed by atoms with Gasteiger partial charge in [0.05, 0.1) is 5.56 Å². The van der Waals surface area contributed by atoms with Crippen molar-refractivity contribution in [2.24, 2.45) is 0 Å². The first-order valence-electron chi connectivity index (χ1n) is 9.84. The maximum Gasteiger partial charge on any atom is 0.417 e. The van der Waals surface area contributed by atoms with E-state index in [1.54, 1.807) is 0 Å². The number of benzene rings is 1.